The summed E-state index contributed by atoms with van der Waals surface area (Å²) in [7, 11) is 0. The van der Waals surface area contributed by atoms with Crippen LogP contribution < -0.4 is 5.32 Å². The van der Waals surface area contributed by atoms with Crippen molar-refractivity contribution in [3.63, 3.8) is 0 Å². The van der Waals surface area contributed by atoms with Gasteiger partial charge in [-0.2, -0.15) is 0 Å². The number of anilines is 1. The summed E-state index contributed by atoms with van der Waals surface area (Å²) in [5, 5.41) is 3.42. The lowest BCUT2D eigenvalue weighted by Gasteiger charge is -2.16. The second-order valence-corrected chi connectivity index (χ2v) is 5.15. The van der Waals surface area contributed by atoms with Crippen LogP contribution in [0.3, 0.4) is 0 Å². The Morgan fingerprint density at radius 2 is 1.76 bits per heavy atom. The summed E-state index contributed by atoms with van der Waals surface area (Å²) in [6.07, 6.45) is 3.45. The van der Waals surface area contributed by atoms with Gasteiger partial charge >= 0.3 is 0 Å². The zero-order valence-electron chi connectivity index (χ0n) is 9.81. The summed E-state index contributed by atoms with van der Waals surface area (Å²) in [4.78, 5) is 8.62. The minimum Gasteiger partial charge on any atom is -0.377 e. The molecular weight excluding hydrogens is 325 g/mol. The first-order chi connectivity index (χ1) is 8.16. The van der Waals surface area contributed by atoms with Crippen LogP contribution in [0.25, 0.3) is 0 Å². The van der Waals surface area contributed by atoms with Crippen molar-refractivity contribution in [2.24, 2.45) is 0 Å². The SMILES string of the molecule is Cc1nccnc1C(C)Nc1ccc(I)cc1. The Labute approximate surface area is 115 Å². The topological polar surface area (TPSA) is 37.8 Å². The molecule has 0 aliphatic heterocycles. The van der Waals surface area contributed by atoms with Gasteiger partial charge in [-0.15, -0.1) is 0 Å². The first kappa shape index (κ1) is 12.3. The van der Waals surface area contributed by atoms with E-state index in [1.54, 1.807) is 12.4 Å². The van der Waals surface area contributed by atoms with Crippen LogP contribution in [0, 0.1) is 10.5 Å². The van der Waals surface area contributed by atoms with E-state index in [0.717, 1.165) is 17.1 Å². The van der Waals surface area contributed by atoms with E-state index in [1.165, 1.54) is 3.57 Å². The zero-order valence-corrected chi connectivity index (χ0v) is 12.0. The maximum Gasteiger partial charge on any atom is 0.0835 e. The van der Waals surface area contributed by atoms with Gasteiger partial charge < -0.3 is 5.32 Å². The van der Waals surface area contributed by atoms with Gasteiger partial charge in [-0.25, -0.2) is 0 Å². The molecule has 0 radical (unpaired) electrons. The lowest BCUT2D eigenvalue weighted by molar-refractivity contribution is 0.810. The molecule has 1 unspecified atom stereocenters. The van der Waals surface area contributed by atoms with E-state index in [4.69, 9.17) is 0 Å². The first-order valence-electron chi connectivity index (χ1n) is 5.46. The Hall–Kier alpha value is -1.17. The maximum absolute atomic E-state index is 4.37. The third kappa shape index (κ3) is 3.15. The summed E-state index contributed by atoms with van der Waals surface area (Å²) >= 11 is 2.30. The highest BCUT2D eigenvalue weighted by molar-refractivity contribution is 14.1. The zero-order chi connectivity index (χ0) is 12.3. The van der Waals surface area contributed by atoms with Gasteiger partial charge in [-0.3, -0.25) is 9.97 Å². The molecule has 3 nitrogen and oxygen atoms in total. The van der Waals surface area contributed by atoms with Crippen molar-refractivity contribution in [2.45, 2.75) is 19.9 Å². The van der Waals surface area contributed by atoms with Crippen LogP contribution in [0.5, 0.6) is 0 Å². The van der Waals surface area contributed by atoms with Crippen LogP contribution in [0.2, 0.25) is 0 Å². The van der Waals surface area contributed by atoms with E-state index in [2.05, 4.69) is 69.1 Å². The molecule has 1 aromatic heterocycles. The summed E-state index contributed by atoms with van der Waals surface area (Å²) in [6.45, 7) is 4.07. The van der Waals surface area contributed by atoms with Crippen molar-refractivity contribution in [1.29, 1.82) is 0 Å². The normalized spacial score (nSPS) is 12.2. The van der Waals surface area contributed by atoms with Crippen molar-refractivity contribution >= 4 is 28.3 Å². The number of nitrogens with one attached hydrogen (secondary N) is 1. The van der Waals surface area contributed by atoms with Gasteiger partial charge in [0, 0.05) is 21.7 Å². The molecular formula is C13H14IN3. The molecule has 1 aromatic carbocycles. The molecule has 0 bridgehead atoms. The van der Waals surface area contributed by atoms with Gasteiger partial charge in [-0.05, 0) is 60.7 Å². The predicted molar refractivity (Wildman–Crippen MR) is 78.0 cm³/mol. The van der Waals surface area contributed by atoms with Gasteiger partial charge in [0.25, 0.3) is 0 Å². The van der Waals surface area contributed by atoms with Crippen LogP contribution in [0.4, 0.5) is 5.69 Å². The average molecular weight is 339 g/mol. The van der Waals surface area contributed by atoms with Crippen LogP contribution in [-0.4, -0.2) is 9.97 Å². The average Bonchev–Trinajstić information content (AvgIpc) is 2.32. The number of rotatable bonds is 3. The molecule has 0 saturated heterocycles. The number of hydrogen-bond acceptors (Lipinski definition) is 3. The van der Waals surface area contributed by atoms with E-state index < -0.39 is 0 Å². The Bertz CT molecular complexity index is 496. The minimum absolute atomic E-state index is 0.156. The Kier molecular flexibility index (Phi) is 3.93. The molecule has 88 valence electrons. The molecule has 0 aliphatic rings. The molecule has 2 aromatic rings. The monoisotopic (exact) mass is 339 g/mol. The van der Waals surface area contributed by atoms with E-state index in [-0.39, 0.29) is 6.04 Å². The molecule has 0 spiro atoms. The fourth-order valence-electron chi connectivity index (χ4n) is 1.71. The number of halogens is 1. The molecule has 0 amide bonds. The number of aryl methyl sites for hydroxylation is 1. The minimum atomic E-state index is 0.156. The first-order valence-corrected chi connectivity index (χ1v) is 6.54. The highest BCUT2D eigenvalue weighted by Gasteiger charge is 2.09. The van der Waals surface area contributed by atoms with Crippen LogP contribution >= 0.6 is 22.6 Å². The predicted octanol–water partition coefficient (Wildman–Crippen LogP) is 3.56. The van der Waals surface area contributed by atoms with Crippen molar-refractivity contribution < 1.29 is 0 Å². The summed E-state index contributed by atoms with van der Waals surface area (Å²) in [5.41, 5.74) is 3.06. The van der Waals surface area contributed by atoms with Gasteiger partial charge in [0.05, 0.1) is 17.4 Å². The molecule has 2 rings (SSSR count). The van der Waals surface area contributed by atoms with Gasteiger partial charge in [-0.1, -0.05) is 0 Å². The highest BCUT2D eigenvalue weighted by atomic mass is 127. The Morgan fingerprint density at radius 1 is 1.12 bits per heavy atom. The number of aromatic nitrogens is 2. The van der Waals surface area contributed by atoms with Crippen molar-refractivity contribution in [1.82, 2.24) is 9.97 Å². The lowest BCUT2D eigenvalue weighted by atomic mass is 10.2. The fourth-order valence-corrected chi connectivity index (χ4v) is 2.07. The maximum atomic E-state index is 4.37. The number of nitrogens with zero attached hydrogens (tertiary/aromatic N) is 2. The molecule has 0 aliphatic carbocycles. The number of hydrogen-bond donors (Lipinski definition) is 1. The summed E-state index contributed by atoms with van der Waals surface area (Å²) in [6, 6.07) is 8.47. The van der Waals surface area contributed by atoms with Crippen molar-refractivity contribution in [3.05, 3.63) is 51.6 Å². The molecule has 17 heavy (non-hydrogen) atoms. The molecule has 1 N–H and O–H groups in total. The largest absolute Gasteiger partial charge is 0.377 e. The lowest BCUT2D eigenvalue weighted by Crippen LogP contribution is -2.10. The van der Waals surface area contributed by atoms with E-state index in [0.29, 0.717) is 0 Å². The number of benzene rings is 1. The second kappa shape index (κ2) is 5.44. The van der Waals surface area contributed by atoms with E-state index >= 15 is 0 Å². The molecule has 0 fully saturated rings. The Balaban J connectivity index is 2.14. The van der Waals surface area contributed by atoms with Crippen molar-refractivity contribution in [2.75, 3.05) is 5.32 Å². The van der Waals surface area contributed by atoms with Crippen LogP contribution in [-0.2, 0) is 0 Å². The van der Waals surface area contributed by atoms with Crippen LogP contribution in [0.1, 0.15) is 24.4 Å². The third-order valence-electron chi connectivity index (χ3n) is 2.56. The quantitative estimate of drug-likeness (QED) is 0.869. The standard InChI is InChI=1S/C13H14IN3/c1-9-13(16-8-7-15-9)10(2)17-12-5-3-11(14)4-6-12/h3-8,10,17H,1-2H3. The van der Waals surface area contributed by atoms with Crippen LogP contribution in [0.15, 0.2) is 36.7 Å². The molecule has 0 saturated carbocycles. The Morgan fingerprint density at radius 3 is 2.41 bits per heavy atom. The highest BCUT2D eigenvalue weighted by Crippen LogP contribution is 2.19. The fraction of sp³-hybridized carbons (Fsp3) is 0.231. The van der Waals surface area contributed by atoms with Gasteiger partial charge in [0.1, 0.15) is 0 Å². The third-order valence-corrected chi connectivity index (χ3v) is 3.28. The van der Waals surface area contributed by atoms with E-state index in [1.807, 2.05) is 6.92 Å². The molecule has 4 heteroatoms. The van der Waals surface area contributed by atoms with Crippen molar-refractivity contribution in [3.8, 4) is 0 Å². The summed E-state index contributed by atoms with van der Waals surface area (Å²) in [5.74, 6) is 0. The van der Waals surface area contributed by atoms with Gasteiger partial charge in [0.15, 0.2) is 0 Å². The summed E-state index contributed by atoms with van der Waals surface area (Å²) < 4.78 is 1.23. The molecule has 1 heterocycles. The molecule has 1 atom stereocenters. The second-order valence-electron chi connectivity index (χ2n) is 3.90. The van der Waals surface area contributed by atoms with Gasteiger partial charge in [0.2, 0.25) is 0 Å². The smallest absolute Gasteiger partial charge is 0.0835 e. The van der Waals surface area contributed by atoms with E-state index in [9.17, 15) is 0 Å².